The number of nitrogens with two attached hydrogens (primary N) is 1. The minimum absolute atomic E-state index is 0. The number of hydrogen-bond donors (Lipinski definition) is 1. The summed E-state index contributed by atoms with van der Waals surface area (Å²) in [5.74, 6) is 0.739. The summed E-state index contributed by atoms with van der Waals surface area (Å²) in [5.41, 5.74) is 7.77. The first kappa shape index (κ1) is 17.1. The van der Waals surface area contributed by atoms with Gasteiger partial charge in [-0.3, -0.25) is 4.99 Å². The van der Waals surface area contributed by atoms with Crippen LogP contribution < -0.4 is 5.73 Å². The molecule has 0 unspecified atom stereocenters. The van der Waals surface area contributed by atoms with Gasteiger partial charge in [0.15, 0.2) is 5.96 Å². The van der Waals surface area contributed by atoms with Crippen molar-refractivity contribution in [3.8, 4) is 0 Å². The molecule has 0 bridgehead atoms. The summed E-state index contributed by atoms with van der Waals surface area (Å²) in [6.07, 6.45) is 6.24. The number of likely N-dealkylation sites (tertiary alicyclic amines) is 1. The van der Waals surface area contributed by atoms with Crippen LogP contribution in [0.4, 0.5) is 0 Å². The van der Waals surface area contributed by atoms with E-state index < -0.39 is 0 Å². The number of benzene rings is 1. The topological polar surface area (TPSA) is 41.6 Å². The number of piperidine rings is 1. The molecular weight excluding hydrogens is 441 g/mol. The van der Waals surface area contributed by atoms with Gasteiger partial charge in [-0.15, -0.1) is 24.0 Å². The minimum atomic E-state index is 0. The van der Waals surface area contributed by atoms with Gasteiger partial charge in [-0.1, -0.05) is 34.1 Å². The summed E-state index contributed by atoms with van der Waals surface area (Å²) in [6, 6.07) is 8.50. The second-order valence-electron chi connectivity index (χ2n) is 5.98. The molecule has 0 aromatic heterocycles. The molecule has 0 amide bonds. The molecule has 0 radical (unpaired) electrons. The van der Waals surface area contributed by atoms with Crippen LogP contribution in [0, 0.1) is 0 Å². The summed E-state index contributed by atoms with van der Waals surface area (Å²) in [4.78, 5) is 6.93. The standard InChI is InChI=1S/C16H22BrN3.HI/c17-14-7-3-2-6-13(14)16(8-9-16)12-19-15(18)20-10-4-1-5-11-20;/h2-3,6-7H,1,4-5,8-12H2,(H2,18,19);1H. The van der Waals surface area contributed by atoms with Gasteiger partial charge in [0, 0.05) is 23.0 Å². The van der Waals surface area contributed by atoms with Gasteiger partial charge in [0.25, 0.3) is 0 Å². The molecule has 3 rings (SSSR count). The molecular formula is C16H23BrIN3. The molecule has 0 atom stereocenters. The fraction of sp³-hybridized carbons (Fsp3) is 0.562. The Kier molecular flexibility index (Phi) is 5.94. The lowest BCUT2D eigenvalue weighted by atomic mass is 9.96. The van der Waals surface area contributed by atoms with Crippen LogP contribution in [0.5, 0.6) is 0 Å². The first-order valence-corrected chi connectivity index (χ1v) is 8.30. The maximum atomic E-state index is 6.16. The van der Waals surface area contributed by atoms with Gasteiger partial charge in [0.2, 0.25) is 0 Å². The van der Waals surface area contributed by atoms with Crippen LogP contribution in [-0.4, -0.2) is 30.5 Å². The largest absolute Gasteiger partial charge is 0.370 e. The van der Waals surface area contributed by atoms with Crippen molar-refractivity contribution in [2.24, 2.45) is 10.7 Å². The van der Waals surface area contributed by atoms with Crippen molar-refractivity contribution in [1.29, 1.82) is 0 Å². The number of guanidine groups is 1. The quantitative estimate of drug-likeness (QED) is 0.419. The van der Waals surface area contributed by atoms with E-state index in [-0.39, 0.29) is 29.4 Å². The second-order valence-corrected chi connectivity index (χ2v) is 6.84. The Hall–Kier alpha value is -0.300. The molecule has 2 N–H and O–H groups in total. The van der Waals surface area contributed by atoms with E-state index in [0.29, 0.717) is 0 Å². The fourth-order valence-corrected chi connectivity index (χ4v) is 3.72. The molecule has 0 spiro atoms. The molecule has 1 saturated carbocycles. The molecule has 21 heavy (non-hydrogen) atoms. The highest BCUT2D eigenvalue weighted by Crippen LogP contribution is 2.50. The van der Waals surface area contributed by atoms with Crippen molar-refractivity contribution < 1.29 is 0 Å². The Balaban J connectivity index is 0.00000161. The lowest BCUT2D eigenvalue weighted by Gasteiger charge is -2.28. The summed E-state index contributed by atoms with van der Waals surface area (Å²) in [5, 5.41) is 0. The van der Waals surface area contributed by atoms with Gasteiger partial charge in [0.1, 0.15) is 0 Å². The van der Waals surface area contributed by atoms with Gasteiger partial charge in [0.05, 0.1) is 6.54 Å². The van der Waals surface area contributed by atoms with Crippen LogP contribution in [0.3, 0.4) is 0 Å². The third kappa shape index (κ3) is 3.92. The molecule has 1 aromatic rings. The lowest BCUT2D eigenvalue weighted by Crippen LogP contribution is -2.41. The van der Waals surface area contributed by atoms with Gasteiger partial charge < -0.3 is 10.6 Å². The molecule has 1 aliphatic heterocycles. The van der Waals surface area contributed by atoms with Crippen molar-refractivity contribution >= 4 is 45.9 Å². The van der Waals surface area contributed by atoms with Gasteiger partial charge in [-0.2, -0.15) is 0 Å². The number of aliphatic imine (C=N–C) groups is 1. The van der Waals surface area contributed by atoms with E-state index in [1.165, 1.54) is 42.1 Å². The predicted molar refractivity (Wildman–Crippen MR) is 102 cm³/mol. The van der Waals surface area contributed by atoms with Crippen LogP contribution in [0.2, 0.25) is 0 Å². The zero-order chi connectivity index (χ0) is 14.0. The first-order chi connectivity index (χ1) is 9.71. The van der Waals surface area contributed by atoms with E-state index in [4.69, 9.17) is 10.7 Å². The van der Waals surface area contributed by atoms with Gasteiger partial charge in [-0.25, -0.2) is 0 Å². The number of nitrogens with zero attached hydrogens (tertiary/aromatic N) is 2. The molecule has 2 aliphatic rings. The van der Waals surface area contributed by atoms with E-state index in [9.17, 15) is 0 Å². The van der Waals surface area contributed by atoms with Crippen molar-refractivity contribution in [2.75, 3.05) is 19.6 Å². The van der Waals surface area contributed by atoms with E-state index >= 15 is 0 Å². The normalized spacial score (nSPS) is 20.8. The summed E-state index contributed by atoms with van der Waals surface area (Å²) in [6.45, 7) is 2.95. The molecule has 1 aromatic carbocycles. The summed E-state index contributed by atoms with van der Waals surface area (Å²) < 4.78 is 1.20. The van der Waals surface area contributed by atoms with Crippen molar-refractivity contribution in [1.82, 2.24) is 4.90 Å². The lowest BCUT2D eigenvalue weighted by molar-refractivity contribution is 0.337. The number of hydrogen-bond acceptors (Lipinski definition) is 1. The average Bonchev–Trinajstić information content (AvgIpc) is 3.27. The van der Waals surface area contributed by atoms with Crippen LogP contribution in [0.25, 0.3) is 0 Å². The average molecular weight is 464 g/mol. The second kappa shape index (κ2) is 7.31. The third-order valence-electron chi connectivity index (χ3n) is 4.52. The maximum absolute atomic E-state index is 6.16. The van der Waals surface area contributed by atoms with Crippen LogP contribution in [-0.2, 0) is 5.41 Å². The van der Waals surface area contributed by atoms with Crippen molar-refractivity contribution in [3.05, 3.63) is 34.3 Å². The summed E-state index contributed by atoms with van der Waals surface area (Å²) >= 11 is 3.67. The van der Waals surface area contributed by atoms with Crippen molar-refractivity contribution in [3.63, 3.8) is 0 Å². The van der Waals surface area contributed by atoms with E-state index in [2.05, 4.69) is 45.1 Å². The van der Waals surface area contributed by atoms with Crippen LogP contribution in [0.1, 0.15) is 37.7 Å². The Morgan fingerprint density at radius 2 is 1.86 bits per heavy atom. The summed E-state index contributed by atoms with van der Waals surface area (Å²) in [7, 11) is 0. The molecule has 3 nitrogen and oxygen atoms in total. The highest BCUT2D eigenvalue weighted by molar-refractivity contribution is 14.0. The van der Waals surface area contributed by atoms with Gasteiger partial charge >= 0.3 is 0 Å². The number of rotatable bonds is 3. The SMILES string of the molecule is I.NC(=NCC1(c2ccccc2Br)CC1)N1CCCCC1. The number of halogens is 2. The molecule has 116 valence electrons. The van der Waals surface area contributed by atoms with Crippen LogP contribution in [0.15, 0.2) is 33.7 Å². The Morgan fingerprint density at radius 1 is 1.19 bits per heavy atom. The van der Waals surface area contributed by atoms with Crippen molar-refractivity contribution in [2.45, 2.75) is 37.5 Å². The molecule has 1 saturated heterocycles. The van der Waals surface area contributed by atoms with E-state index in [1.54, 1.807) is 0 Å². The van der Waals surface area contributed by atoms with Gasteiger partial charge in [-0.05, 0) is 43.7 Å². The Morgan fingerprint density at radius 3 is 2.48 bits per heavy atom. The molecule has 5 heteroatoms. The minimum Gasteiger partial charge on any atom is -0.370 e. The predicted octanol–water partition coefficient (Wildman–Crippen LogP) is 3.90. The molecule has 1 heterocycles. The zero-order valence-corrected chi connectivity index (χ0v) is 16.1. The zero-order valence-electron chi connectivity index (χ0n) is 12.2. The highest BCUT2D eigenvalue weighted by atomic mass is 127. The highest BCUT2D eigenvalue weighted by Gasteiger charge is 2.45. The van der Waals surface area contributed by atoms with E-state index in [0.717, 1.165) is 25.6 Å². The maximum Gasteiger partial charge on any atom is 0.191 e. The first-order valence-electron chi connectivity index (χ1n) is 7.51. The smallest absolute Gasteiger partial charge is 0.191 e. The van der Waals surface area contributed by atoms with Crippen LogP contribution >= 0.6 is 39.9 Å². The Bertz CT molecular complexity index is 508. The van der Waals surface area contributed by atoms with E-state index in [1.807, 2.05) is 0 Å². The Labute approximate surface area is 152 Å². The third-order valence-corrected chi connectivity index (χ3v) is 5.21. The fourth-order valence-electron chi connectivity index (χ4n) is 3.01. The molecule has 2 fully saturated rings. The monoisotopic (exact) mass is 463 g/mol. The molecule has 1 aliphatic carbocycles.